The Morgan fingerprint density at radius 1 is 1.28 bits per heavy atom. The molecule has 0 aromatic heterocycles. The SMILES string of the molecule is CCOC(=O)CC[C@H](NC(=O)[C@H]1CSC(C)(C)N1C=O)C(=O)OCC. The summed E-state index contributed by atoms with van der Waals surface area (Å²) >= 11 is 1.48. The maximum atomic E-state index is 12.5. The molecule has 8 nitrogen and oxygen atoms in total. The minimum atomic E-state index is -0.959. The van der Waals surface area contributed by atoms with E-state index in [0.29, 0.717) is 12.2 Å². The highest BCUT2D eigenvalue weighted by molar-refractivity contribution is 8.00. The molecule has 2 amide bonds. The first kappa shape index (κ1) is 21.3. The number of esters is 2. The highest BCUT2D eigenvalue weighted by Crippen LogP contribution is 2.37. The van der Waals surface area contributed by atoms with E-state index in [-0.39, 0.29) is 26.1 Å². The average molecular weight is 374 g/mol. The summed E-state index contributed by atoms with van der Waals surface area (Å²) < 4.78 is 9.80. The third-order valence-electron chi connectivity index (χ3n) is 3.80. The highest BCUT2D eigenvalue weighted by atomic mass is 32.2. The van der Waals surface area contributed by atoms with Gasteiger partial charge in [0.25, 0.3) is 0 Å². The molecule has 1 rings (SSSR count). The Kier molecular flexibility index (Phi) is 8.21. The van der Waals surface area contributed by atoms with Gasteiger partial charge < -0.3 is 19.7 Å². The Morgan fingerprint density at radius 2 is 1.92 bits per heavy atom. The fraction of sp³-hybridized carbons (Fsp3) is 0.750. The summed E-state index contributed by atoms with van der Waals surface area (Å²) in [6, 6.07) is -1.63. The van der Waals surface area contributed by atoms with Crippen molar-refractivity contribution < 1.29 is 28.7 Å². The van der Waals surface area contributed by atoms with Crippen molar-refractivity contribution in [3.05, 3.63) is 0 Å². The molecular formula is C16H26N2O6S. The molecule has 1 N–H and O–H groups in total. The summed E-state index contributed by atoms with van der Waals surface area (Å²) in [7, 11) is 0. The Bertz CT molecular complexity index is 511. The molecule has 0 unspecified atom stereocenters. The summed E-state index contributed by atoms with van der Waals surface area (Å²) in [6.07, 6.45) is 0.704. The van der Waals surface area contributed by atoms with E-state index in [0.717, 1.165) is 0 Å². The van der Waals surface area contributed by atoms with Crippen molar-refractivity contribution in [1.82, 2.24) is 10.2 Å². The zero-order chi connectivity index (χ0) is 19.0. The number of amides is 2. The zero-order valence-electron chi connectivity index (χ0n) is 15.1. The van der Waals surface area contributed by atoms with Crippen molar-refractivity contribution in [2.75, 3.05) is 19.0 Å². The van der Waals surface area contributed by atoms with Gasteiger partial charge in [0.05, 0.1) is 18.1 Å². The molecule has 9 heteroatoms. The van der Waals surface area contributed by atoms with Crippen LogP contribution in [0, 0.1) is 0 Å². The summed E-state index contributed by atoms with van der Waals surface area (Å²) in [5, 5.41) is 2.61. The van der Waals surface area contributed by atoms with Gasteiger partial charge in [0.2, 0.25) is 12.3 Å². The van der Waals surface area contributed by atoms with Gasteiger partial charge in [0.15, 0.2) is 0 Å². The van der Waals surface area contributed by atoms with E-state index >= 15 is 0 Å². The van der Waals surface area contributed by atoms with Crippen LogP contribution in [0.15, 0.2) is 0 Å². The molecule has 0 aromatic carbocycles. The molecule has 0 spiro atoms. The average Bonchev–Trinajstić information content (AvgIpc) is 2.86. The van der Waals surface area contributed by atoms with Crippen molar-refractivity contribution in [1.29, 1.82) is 0 Å². The third kappa shape index (κ3) is 5.91. The van der Waals surface area contributed by atoms with Gasteiger partial charge in [0, 0.05) is 12.2 Å². The Morgan fingerprint density at radius 3 is 2.48 bits per heavy atom. The van der Waals surface area contributed by atoms with Gasteiger partial charge in [-0.25, -0.2) is 4.79 Å². The van der Waals surface area contributed by atoms with E-state index in [4.69, 9.17) is 9.47 Å². The number of hydrogen-bond donors (Lipinski definition) is 1. The smallest absolute Gasteiger partial charge is 0.328 e. The van der Waals surface area contributed by atoms with Gasteiger partial charge >= 0.3 is 11.9 Å². The molecule has 0 bridgehead atoms. The quantitative estimate of drug-likeness (QED) is 0.468. The van der Waals surface area contributed by atoms with Crippen LogP contribution in [-0.2, 0) is 28.7 Å². The summed E-state index contributed by atoms with van der Waals surface area (Å²) in [5.74, 6) is -1.06. The number of carbonyl (C=O) groups is 4. The van der Waals surface area contributed by atoms with Gasteiger partial charge in [-0.05, 0) is 34.1 Å². The predicted molar refractivity (Wildman–Crippen MR) is 92.7 cm³/mol. The second-order valence-corrected chi connectivity index (χ2v) is 7.56. The predicted octanol–water partition coefficient (Wildman–Crippen LogP) is 0.688. The third-order valence-corrected chi connectivity index (χ3v) is 5.20. The number of carbonyl (C=O) groups excluding carboxylic acids is 4. The highest BCUT2D eigenvalue weighted by Gasteiger charge is 2.43. The molecule has 2 atom stereocenters. The Balaban J connectivity index is 2.75. The van der Waals surface area contributed by atoms with E-state index in [2.05, 4.69) is 5.32 Å². The van der Waals surface area contributed by atoms with Crippen LogP contribution >= 0.6 is 11.8 Å². The van der Waals surface area contributed by atoms with Crippen molar-refractivity contribution in [2.24, 2.45) is 0 Å². The first-order valence-corrected chi connectivity index (χ1v) is 9.25. The van der Waals surface area contributed by atoms with Crippen LogP contribution in [-0.4, -0.2) is 65.1 Å². The Hall–Kier alpha value is -1.77. The molecule has 0 saturated carbocycles. The Labute approximate surface area is 152 Å². The molecule has 1 heterocycles. The number of hydrogen-bond acceptors (Lipinski definition) is 7. The fourth-order valence-electron chi connectivity index (χ4n) is 2.47. The number of thioether (sulfide) groups is 1. The van der Waals surface area contributed by atoms with E-state index < -0.39 is 34.8 Å². The topological polar surface area (TPSA) is 102 Å². The molecule has 1 aliphatic rings. The fourth-order valence-corrected chi connectivity index (χ4v) is 3.67. The van der Waals surface area contributed by atoms with Gasteiger partial charge in [0.1, 0.15) is 12.1 Å². The lowest BCUT2D eigenvalue weighted by atomic mass is 10.1. The number of rotatable bonds is 9. The summed E-state index contributed by atoms with van der Waals surface area (Å²) in [6.45, 7) is 7.46. The van der Waals surface area contributed by atoms with Crippen LogP contribution in [0.3, 0.4) is 0 Å². The molecule has 0 radical (unpaired) electrons. The van der Waals surface area contributed by atoms with E-state index in [1.165, 1.54) is 16.7 Å². The maximum absolute atomic E-state index is 12.5. The zero-order valence-corrected chi connectivity index (χ0v) is 15.9. The minimum absolute atomic E-state index is 0.0140. The van der Waals surface area contributed by atoms with Gasteiger partial charge in [-0.15, -0.1) is 11.8 Å². The van der Waals surface area contributed by atoms with E-state index in [1.807, 2.05) is 13.8 Å². The molecule has 1 fully saturated rings. The van der Waals surface area contributed by atoms with Crippen molar-refractivity contribution in [2.45, 2.75) is 57.5 Å². The van der Waals surface area contributed by atoms with Crippen LogP contribution < -0.4 is 5.32 Å². The van der Waals surface area contributed by atoms with Crippen LogP contribution in [0.5, 0.6) is 0 Å². The van der Waals surface area contributed by atoms with Gasteiger partial charge in [-0.3, -0.25) is 14.4 Å². The first-order chi connectivity index (χ1) is 11.8. The van der Waals surface area contributed by atoms with Crippen LogP contribution in [0.2, 0.25) is 0 Å². The van der Waals surface area contributed by atoms with Crippen LogP contribution in [0.25, 0.3) is 0 Å². The maximum Gasteiger partial charge on any atom is 0.328 e. The van der Waals surface area contributed by atoms with Crippen molar-refractivity contribution in [3.63, 3.8) is 0 Å². The lowest BCUT2D eigenvalue weighted by molar-refractivity contribution is -0.149. The number of ether oxygens (including phenoxy) is 2. The number of nitrogens with one attached hydrogen (secondary N) is 1. The number of nitrogens with zero attached hydrogens (tertiary/aromatic N) is 1. The lowest BCUT2D eigenvalue weighted by Crippen LogP contribution is -2.53. The second-order valence-electron chi connectivity index (χ2n) is 5.94. The van der Waals surface area contributed by atoms with Crippen molar-refractivity contribution in [3.8, 4) is 0 Å². The molecule has 1 aliphatic heterocycles. The monoisotopic (exact) mass is 374 g/mol. The molecule has 0 aliphatic carbocycles. The normalized spacial score (nSPS) is 19.8. The van der Waals surface area contributed by atoms with Gasteiger partial charge in [-0.2, -0.15) is 0 Å². The molecule has 25 heavy (non-hydrogen) atoms. The minimum Gasteiger partial charge on any atom is -0.466 e. The van der Waals surface area contributed by atoms with Crippen LogP contribution in [0.1, 0.15) is 40.5 Å². The van der Waals surface area contributed by atoms with Crippen molar-refractivity contribution >= 4 is 36.0 Å². The molecular weight excluding hydrogens is 348 g/mol. The summed E-state index contributed by atoms with van der Waals surface area (Å²) in [4.78, 5) is 48.4. The van der Waals surface area contributed by atoms with Crippen LogP contribution in [0.4, 0.5) is 0 Å². The van der Waals surface area contributed by atoms with E-state index in [9.17, 15) is 19.2 Å². The van der Waals surface area contributed by atoms with Gasteiger partial charge in [-0.1, -0.05) is 0 Å². The second kappa shape index (κ2) is 9.65. The first-order valence-electron chi connectivity index (χ1n) is 8.27. The molecule has 1 saturated heterocycles. The lowest BCUT2D eigenvalue weighted by Gasteiger charge is -2.30. The van der Waals surface area contributed by atoms with E-state index in [1.54, 1.807) is 13.8 Å². The standard InChI is InChI=1S/C16H26N2O6S/c1-5-23-13(20)8-7-11(15(22)24-6-2)17-14(21)12-9-25-16(3,4)18(12)10-19/h10-12H,5-9H2,1-4H3,(H,17,21)/t11-,12+/m0/s1. The summed E-state index contributed by atoms with van der Waals surface area (Å²) in [5.41, 5.74) is 0. The molecule has 142 valence electrons. The largest absolute Gasteiger partial charge is 0.466 e. The molecule has 0 aromatic rings.